The molecule has 0 bridgehead atoms. The first kappa shape index (κ1) is 21.6. The third-order valence-electron chi connectivity index (χ3n) is 4.44. The highest BCUT2D eigenvalue weighted by atomic mass is 127. The van der Waals surface area contributed by atoms with Gasteiger partial charge in [0.05, 0.1) is 31.1 Å². The normalized spacial score (nSPS) is 15.4. The molecule has 3 rings (SSSR count). The van der Waals surface area contributed by atoms with Crippen LogP contribution in [0.2, 0.25) is 0 Å². The molecule has 7 nitrogen and oxygen atoms in total. The second-order valence-corrected chi connectivity index (χ2v) is 6.47. The number of benzene rings is 1. The van der Waals surface area contributed by atoms with Crippen LogP contribution >= 0.6 is 24.0 Å². The molecule has 148 valence electrons. The van der Waals surface area contributed by atoms with Crippen molar-refractivity contribution >= 4 is 29.9 Å². The molecule has 0 spiro atoms. The van der Waals surface area contributed by atoms with E-state index in [1.807, 2.05) is 42.1 Å². The fourth-order valence-electron chi connectivity index (χ4n) is 2.99. The van der Waals surface area contributed by atoms with E-state index in [1.165, 1.54) is 0 Å². The maximum absolute atomic E-state index is 6.02. The summed E-state index contributed by atoms with van der Waals surface area (Å²) >= 11 is 0. The van der Waals surface area contributed by atoms with E-state index < -0.39 is 0 Å². The number of aromatic nitrogens is 2. The Morgan fingerprint density at radius 1 is 1.26 bits per heavy atom. The Morgan fingerprint density at radius 2 is 2.04 bits per heavy atom. The Morgan fingerprint density at radius 3 is 2.78 bits per heavy atom. The predicted molar refractivity (Wildman–Crippen MR) is 119 cm³/mol. The molecule has 3 N–H and O–H groups in total. The predicted octanol–water partition coefficient (Wildman–Crippen LogP) is 1.93. The number of nitrogens with zero attached hydrogens (tertiary/aromatic N) is 4. The van der Waals surface area contributed by atoms with Gasteiger partial charge in [-0.05, 0) is 37.6 Å². The molecule has 1 fully saturated rings. The van der Waals surface area contributed by atoms with Crippen LogP contribution in [0.25, 0.3) is 5.69 Å². The van der Waals surface area contributed by atoms with Crippen LogP contribution in [0, 0.1) is 6.92 Å². The number of morpholine rings is 1. The van der Waals surface area contributed by atoms with Crippen molar-refractivity contribution in [1.82, 2.24) is 20.0 Å². The van der Waals surface area contributed by atoms with Gasteiger partial charge in [-0.3, -0.25) is 4.90 Å². The minimum atomic E-state index is 0. The van der Waals surface area contributed by atoms with Gasteiger partial charge in [-0.2, -0.15) is 5.10 Å². The molecular formula is C19H29IN6O. The Balaban J connectivity index is 0.00000261. The summed E-state index contributed by atoms with van der Waals surface area (Å²) < 4.78 is 7.24. The highest BCUT2D eigenvalue weighted by Crippen LogP contribution is 2.15. The van der Waals surface area contributed by atoms with Crippen LogP contribution in [0.3, 0.4) is 0 Å². The van der Waals surface area contributed by atoms with Crippen LogP contribution in [0.4, 0.5) is 0 Å². The highest BCUT2D eigenvalue weighted by molar-refractivity contribution is 14.0. The first-order chi connectivity index (χ1) is 12.7. The van der Waals surface area contributed by atoms with Crippen molar-refractivity contribution in [3.8, 4) is 5.69 Å². The van der Waals surface area contributed by atoms with Crippen molar-refractivity contribution in [2.75, 3.05) is 39.4 Å². The number of nitrogens with two attached hydrogens (primary N) is 1. The van der Waals surface area contributed by atoms with Crippen molar-refractivity contribution in [1.29, 1.82) is 0 Å². The molecule has 1 aliphatic heterocycles. The summed E-state index contributed by atoms with van der Waals surface area (Å²) in [7, 11) is 0. The van der Waals surface area contributed by atoms with Crippen molar-refractivity contribution < 1.29 is 4.74 Å². The van der Waals surface area contributed by atoms with Gasteiger partial charge >= 0.3 is 0 Å². The number of para-hydroxylation sites is 1. The summed E-state index contributed by atoms with van der Waals surface area (Å²) in [5.41, 5.74) is 9.13. The molecule has 8 heteroatoms. The fourth-order valence-corrected chi connectivity index (χ4v) is 2.99. The maximum atomic E-state index is 6.02. The Hall–Kier alpha value is -1.65. The summed E-state index contributed by atoms with van der Waals surface area (Å²) in [6, 6.07) is 10.1. The zero-order chi connectivity index (χ0) is 18.2. The number of hydrogen-bond acceptors (Lipinski definition) is 4. The second-order valence-electron chi connectivity index (χ2n) is 6.47. The summed E-state index contributed by atoms with van der Waals surface area (Å²) in [6.45, 7) is 8.12. The minimum absolute atomic E-state index is 0. The quantitative estimate of drug-likeness (QED) is 0.272. The number of aliphatic imine (C=N–C) groups is 1. The van der Waals surface area contributed by atoms with E-state index in [9.17, 15) is 0 Å². The summed E-state index contributed by atoms with van der Waals surface area (Å²) in [5.74, 6) is 0.485. The molecule has 1 aromatic carbocycles. The Bertz CT molecular complexity index is 726. The van der Waals surface area contributed by atoms with Crippen molar-refractivity contribution in [2.24, 2.45) is 10.7 Å². The van der Waals surface area contributed by atoms with Crippen LogP contribution in [-0.4, -0.2) is 60.0 Å². The molecule has 0 amide bonds. The lowest BCUT2D eigenvalue weighted by Crippen LogP contribution is -2.39. The zero-order valence-electron chi connectivity index (χ0n) is 15.8. The fraction of sp³-hybridized carbons (Fsp3) is 0.474. The van der Waals surface area contributed by atoms with E-state index in [-0.39, 0.29) is 24.0 Å². The lowest BCUT2D eigenvalue weighted by molar-refractivity contribution is 0.0376. The molecule has 0 saturated carbocycles. The monoisotopic (exact) mass is 484 g/mol. The minimum Gasteiger partial charge on any atom is -0.379 e. The van der Waals surface area contributed by atoms with Gasteiger partial charge in [-0.15, -0.1) is 24.0 Å². The van der Waals surface area contributed by atoms with E-state index in [0.717, 1.165) is 62.8 Å². The average molecular weight is 484 g/mol. The van der Waals surface area contributed by atoms with Gasteiger partial charge in [0.25, 0.3) is 0 Å². The number of hydrogen-bond donors (Lipinski definition) is 2. The van der Waals surface area contributed by atoms with Crippen LogP contribution < -0.4 is 11.1 Å². The van der Waals surface area contributed by atoms with E-state index in [0.29, 0.717) is 12.5 Å². The number of nitrogens with one attached hydrogen (secondary N) is 1. The zero-order valence-corrected chi connectivity index (χ0v) is 18.1. The largest absolute Gasteiger partial charge is 0.379 e. The molecule has 1 aliphatic rings. The highest BCUT2D eigenvalue weighted by Gasteiger charge is 2.09. The van der Waals surface area contributed by atoms with E-state index in [2.05, 4.69) is 26.4 Å². The smallest absolute Gasteiger partial charge is 0.188 e. The molecule has 0 aliphatic carbocycles. The van der Waals surface area contributed by atoms with Gasteiger partial charge in [0.2, 0.25) is 0 Å². The number of aryl methyl sites for hydroxylation is 1. The van der Waals surface area contributed by atoms with E-state index in [1.54, 1.807) is 0 Å². The Kier molecular flexibility index (Phi) is 9.02. The van der Waals surface area contributed by atoms with E-state index in [4.69, 9.17) is 10.5 Å². The topological polar surface area (TPSA) is 80.7 Å². The van der Waals surface area contributed by atoms with Crippen LogP contribution in [0.5, 0.6) is 0 Å². The summed E-state index contributed by atoms with van der Waals surface area (Å²) in [4.78, 5) is 6.90. The summed E-state index contributed by atoms with van der Waals surface area (Å²) in [6.07, 6.45) is 3.00. The molecule has 0 radical (unpaired) electrons. The number of halogens is 1. The molecule has 0 atom stereocenters. The van der Waals surface area contributed by atoms with E-state index >= 15 is 0 Å². The number of rotatable bonds is 7. The van der Waals surface area contributed by atoms with Crippen molar-refractivity contribution in [2.45, 2.75) is 19.9 Å². The first-order valence-electron chi connectivity index (χ1n) is 9.17. The summed E-state index contributed by atoms with van der Waals surface area (Å²) in [5, 5.41) is 7.68. The third kappa shape index (κ3) is 6.78. The molecule has 2 aromatic rings. The van der Waals surface area contributed by atoms with Gasteiger partial charge < -0.3 is 15.8 Å². The lowest BCUT2D eigenvalue weighted by atomic mass is 10.2. The van der Waals surface area contributed by atoms with Gasteiger partial charge in [-0.25, -0.2) is 9.67 Å². The average Bonchev–Trinajstić information content (AvgIpc) is 3.11. The third-order valence-corrected chi connectivity index (χ3v) is 4.44. The van der Waals surface area contributed by atoms with Crippen LogP contribution in [-0.2, 0) is 11.3 Å². The van der Waals surface area contributed by atoms with Crippen LogP contribution in [0.1, 0.15) is 17.7 Å². The van der Waals surface area contributed by atoms with Crippen molar-refractivity contribution in [3.63, 3.8) is 0 Å². The van der Waals surface area contributed by atoms with Crippen molar-refractivity contribution in [3.05, 3.63) is 47.8 Å². The first-order valence-corrected chi connectivity index (χ1v) is 9.17. The molecule has 1 saturated heterocycles. The molecular weight excluding hydrogens is 455 g/mol. The van der Waals surface area contributed by atoms with Gasteiger partial charge in [-0.1, -0.05) is 18.2 Å². The lowest BCUT2D eigenvalue weighted by Gasteiger charge is -2.26. The van der Waals surface area contributed by atoms with Crippen LogP contribution in [0.15, 0.2) is 41.5 Å². The van der Waals surface area contributed by atoms with Gasteiger partial charge in [0.1, 0.15) is 0 Å². The molecule has 2 heterocycles. The Labute approximate surface area is 178 Å². The van der Waals surface area contributed by atoms with Gasteiger partial charge in [0.15, 0.2) is 5.96 Å². The molecule has 0 unspecified atom stereocenters. The number of guanidine groups is 1. The maximum Gasteiger partial charge on any atom is 0.188 e. The number of ether oxygens (including phenoxy) is 1. The standard InChI is InChI=1S/C19H28N6O.HI/c1-16-7-10-25(23-16)18-6-3-2-5-17(18)15-22-19(20)21-8-4-9-24-11-13-26-14-12-24;/h2-3,5-7,10H,4,8-9,11-15H2,1H3,(H3,20,21,22);1H. The molecule has 27 heavy (non-hydrogen) atoms. The second kappa shape index (κ2) is 11.3. The van der Waals surface area contributed by atoms with Gasteiger partial charge in [0, 0.05) is 25.8 Å². The molecule has 1 aromatic heterocycles. The SMILES string of the molecule is Cc1ccn(-c2ccccc2CN=C(N)NCCCN2CCOCC2)n1.I.